The van der Waals surface area contributed by atoms with E-state index in [1.807, 2.05) is 18.2 Å². The van der Waals surface area contributed by atoms with Gasteiger partial charge in [-0.25, -0.2) is 0 Å². The molecule has 0 aliphatic heterocycles. The second-order valence-electron chi connectivity index (χ2n) is 4.30. The van der Waals surface area contributed by atoms with Gasteiger partial charge in [-0.2, -0.15) is 0 Å². The molecule has 0 spiro atoms. The van der Waals surface area contributed by atoms with E-state index >= 15 is 0 Å². The van der Waals surface area contributed by atoms with E-state index in [1.54, 1.807) is 6.07 Å². The molecule has 0 saturated heterocycles. The predicted octanol–water partition coefficient (Wildman–Crippen LogP) is 4.33. The van der Waals surface area contributed by atoms with Crippen molar-refractivity contribution >= 4 is 0 Å². The van der Waals surface area contributed by atoms with Gasteiger partial charge in [0.1, 0.15) is 5.75 Å². The van der Waals surface area contributed by atoms with Gasteiger partial charge >= 0.3 is 0 Å². The molecule has 0 bridgehead atoms. The Kier molecular flexibility index (Phi) is 3.48. The van der Waals surface area contributed by atoms with Crippen molar-refractivity contribution in [3.63, 3.8) is 0 Å². The van der Waals surface area contributed by atoms with Crippen LogP contribution in [0.1, 0.15) is 31.7 Å². The molecule has 1 aromatic carbocycles. The summed E-state index contributed by atoms with van der Waals surface area (Å²) in [4.78, 5) is 0. The predicted molar refractivity (Wildman–Crippen MR) is 72.1 cm³/mol. The molecule has 17 heavy (non-hydrogen) atoms. The number of phenols is 1. The minimum atomic E-state index is 0.213. The van der Waals surface area contributed by atoms with Crippen LogP contribution in [0.25, 0.3) is 0 Å². The third-order valence-electron chi connectivity index (χ3n) is 3.32. The van der Waals surface area contributed by atoms with Gasteiger partial charge in [-0.1, -0.05) is 48.1 Å². The van der Waals surface area contributed by atoms with Crippen LogP contribution in [0.15, 0.2) is 59.7 Å². The van der Waals surface area contributed by atoms with Gasteiger partial charge in [0.25, 0.3) is 0 Å². The van der Waals surface area contributed by atoms with E-state index < -0.39 is 0 Å². The first-order chi connectivity index (χ1) is 8.26. The first-order valence-corrected chi connectivity index (χ1v) is 6.02. The van der Waals surface area contributed by atoms with Crippen LogP contribution in [-0.4, -0.2) is 5.11 Å². The monoisotopic (exact) mass is 226 g/mol. The summed E-state index contributed by atoms with van der Waals surface area (Å²) in [6.07, 6.45) is 9.60. The Bertz CT molecular complexity index is 492. The normalized spacial score (nSPS) is 24.5. The van der Waals surface area contributed by atoms with Gasteiger partial charge < -0.3 is 5.11 Å². The number of para-hydroxylation sites is 1. The zero-order valence-electron chi connectivity index (χ0n) is 10.4. The lowest BCUT2D eigenvalue weighted by Crippen LogP contribution is -2.05. The number of hydrogen-bond donors (Lipinski definition) is 1. The zero-order valence-corrected chi connectivity index (χ0v) is 10.4. The molecule has 2 rings (SSSR count). The maximum absolute atomic E-state index is 9.92. The molecule has 0 amide bonds. The highest BCUT2D eigenvalue weighted by Crippen LogP contribution is 2.38. The van der Waals surface area contributed by atoms with Crippen LogP contribution in [0.5, 0.6) is 5.75 Å². The van der Waals surface area contributed by atoms with E-state index in [4.69, 9.17) is 0 Å². The fourth-order valence-corrected chi connectivity index (χ4v) is 2.28. The molecule has 0 radical (unpaired) electrons. The smallest absolute Gasteiger partial charge is 0.119 e. The third-order valence-corrected chi connectivity index (χ3v) is 3.32. The van der Waals surface area contributed by atoms with Gasteiger partial charge in [-0.3, -0.25) is 0 Å². The fourth-order valence-electron chi connectivity index (χ4n) is 2.28. The molecule has 1 unspecified atom stereocenters. The molecule has 1 heteroatoms. The first kappa shape index (κ1) is 11.7. The topological polar surface area (TPSA) is 20.2 Å². The minimum Gasteiger partial charge on any atom is -0.508 e. The number of phenolic OH excluding ortho intramolecular Hbond substituents is 1. The molecular weight excluding hydrogens is 208 g/mol. The second kappa shape index (κ2) is 5.05. The summed E-state index contributed by atoms with van der Waals surface area (Å²) in [5.41, 5.74) is 3.68. The van der Waals surface area contributed by atoms with Crippen LogP contribution in [0, 0.1) is 0 Å². The largest absolute Gasteiger partial charge is 0.508 e. The van der Waals surface area contributed by atoms with Crippen LogP contribution >= 0.6 is 0 Å². The maximum atomic E-state index is 9.92. The fraction of sp³-hybridized carbons (Fsp3) is 0.250. The zero-order chi connectivity index (χ0) is 12.3. The summed E-state index contributed by atoms with van der Waals surface area (Å²) in [5, 5.41) is 9.92. The van der Waals surface area contributed by atoms with Crippen molar-refractivity contribution in [1.82, 2.24) is 0 Å². The first-order valence-electron chi connectivity index (χ1n) is 6.02. The Morgan fingerprint density at radius 1 is 1.18 bits per heavy atom. The number of rotatable bonds is 1. The van der Waals surface area contributed by atoms with Crippen molar-refractivity contribution in [3.8, 4) is 5.75 Å². The Balaban J connectivity index is 2.43. The molecule has 1 aromatic rings. The van der Waals surface area contributed by atoms with Gasteiger partial charge in [-0.15, -0.1) is 0 Å². The van der Waals surface area contributed by atoms with E-state index in [1.165, 1.54) is 11.1 Å². The molecule has 1 aliphatic carbocycles. The van der Waals surface area contributed by atoms with Crippen LogP contribution in [0.4, 0.5) is 0 Å². The SMILES string of the molecule is C/C=C1\C=CC(c2ccccc2O)/C(=C/C)C1. The molecule has 1 N–H and O–H groups in total. The van der Waals surface area contributed by atoms with Gasteiger partial charge in [0.2, 0.25) is 0 Å². The quantitative estimate of drug-likeness (QED) is 0.707. The van der Waals surface area contributed by atoms with E-state index in [2.05, 4.69) is 38.2 Å². The molecule has 88 valence electrons. The van der Waals surface area contributed by atoms with Crippen molar-refractivity contribution in [1.29, 1.82) is 0 Å². The number of allylic oxidation sites excluding steroid dienone is 6. The Labute approximate surface area is 103 Å². The lowest BCUT2D eigenvalue weighted by molar-refractivity contribution is 0.467. The third kappa shape index (κ3) is 2.33. The number of aromatic hydroxyl groups is 1. The molecule has 0 aromatic heterocycles. The molecule has 0 saturated carbocycles. The molecular formula is C16H18O. The van der Waals surface area contributed by atoms with Crippen molar-refractivity contribution < 1.29 is 5.11 Å². The van der Waals surface area contributed by atoms with Gasteiger partial charge in [-0.05, 0) is 31.9 Å². The standard InChI is InChI=1S/C16H18O/c1-3-12-9-10-14(13(4-2)11-12)15-7-5-6-8-16(15)17/h3-10,14,17H,11H2,1-2H3/b12-3+,13-4+. The van der Waals surface area contributed by atoms with Crippen LogP contribution in [-0.2, 0) is 0 Å². The summed E-state index contributed by atoms with van der Waals surface area (Å²) >= 11 is 0. The molecule has 0 fully saturated rings. The molecule has 1 atom stereocenters. The van der Waals surface area contributed by atoms with Crippen LogP contribution < -0.4 is 0 Å². The number of hydrogen-bond acceptors (Lipinski definition) is 1. The Morgan fingerprint density at radius 3 is 2.59 bits per heavy atom. The minimum absolute atomic E-state index is 0.213. The van der Waals surface area contributed by atoms with E-state index in [0.29, 0.717) is 5.75 Å². The molecule has 1 aliphatic rings. The summed E-state index contributed by atoms with van der Waals surface area (Å²) in [5.74, 6) is 0.593. The lowest BCUT2D eigenvalue weighted by atomic mass is 9.82. The summed E-state index contributed by atoms with van der Waals surface area (Å²) in [6, 6.07) is 7.58. The van der Waals surface area contributed by atoms with Gasteiger partial charge in [0.05, 0.1) is 0 Å². The average molecular weight is 226 g/mol. The Hall–Kier alpha value is -1.76. The Morgan fingerprint density at radius 2 is 1.94 bits per heavy atom. The van der Waals surface area contributed by atoms with Crippen molar-refractivity contribution in [2.45, 2.75) is 26.2 Å². The van der Waals surface area contributed by atoms with Crippen LogP contribution in [0.3, 0.4) is 0 Å². The second-order valence-corrected chi connectivity index (χ2v) is 4.30. The lowest BCUT2D eigenvalue weighted by Gasteiger charge is -2.23. The summed E-state index contributed by atoms with van der Waals surface area (Å²) in [6.45, 7) is 4.13. The average Bonchev–Trinajstić information content (AvgIpc) is 2.38. The highest BCUT2D eigenvalue weighted by molar-refractivity contribution is 5.47. The maximum Gasteiger partial charge on any atom is 0.119 e. The summed E-state index contributed by atoms with van der Waals surface area (Å²) < 4.78 is 0. The van der Waals surface area contributed by atoms with Crippen molar-refractivity contribution in [2.24, 2.45) is 0 Å². The van der Waals surface area contributed by atoms with Gasteiger partial charge in [0.15, 0.2) is 0 Å². The van der Waals surface area contributed by atoms with Gasteiger partial charge in [0, 0.05) is 11.5 Å². The highest BCUT2D eigenvalue weighted by atomic mass is 16.3. The van der Waals surface area contributed by atoms with E-state index in [-0.39, 0.29) is 5.92 Å². The highest BCUT2D eigenvalue weighted by Gasteiger charge is 2.19. The molecule has 1 nitrogen and oxygen atoms in total. The molecule has 0 heterocycles. The summed E-state index contributed by atoms with van der Waals surface area (Å²) in [7, 11) is 0. The van der Waals surface area contributed by atoms with E-state index in [9.17, 15) is 5.11 Å². The van der Waals surface area contributed by atoms with Crippen LogP contribution in [0.2, 0.25) is 0 Å². The van der Waals surface area contributed by atoms with E-state index in [0.717, 1.165) is 12.0 Å². The van der Waals surface area contributed by atoms with Crippen molar-refractivity contribution in [3.05, 3.63) is 65.3 Å². The van der Waals surface area contributed by atoms with Crippen molar-refractivity contribution in [2.75, 3.05) is 0 Å². The number of benzene rings is 1.